The van der Waals surface area contributed by atoms with Crippen molar-refractivity contribution in [2.24, 2.45) is 5.41 Å². The number of nitrogens with one attached hydrogen (secondary N) is 2. The molecule has 0 bridgehead atoms. The first-order valence-corrected chi connectivity index (χ1v) is 5.94. The SMILES string of the molecule is CC1(CNc2nc3ccc([N+](=O)[O-])cc3[nH]2)CC1. The normalized spacial score (nSPS) is 16.7. The van der Waals surface area contributed by atoms with Gasteiger partial charge in [0.05, 0.1) is 16.0 Å². The minimum atomic E-state index is -0.404. The molecule has 94 valence electrons. The molecule has 0 unspecified atom stereocenters. The van der Waals surface area contributed by atoms with E-state index in [9.17, 15) is 10.1 Å². The molecule has 1 heterocycles. The molecule has 1 aromatic heterocycles. The molecular formula is C12H14N4O2. The zero-order valence-corrected chi connectivity index (χ0v) is 10.1. The van der Waals surface area contributed by atoms with E-state index in [1.54, 1.807) is 6.07 Å². The lowest BCUT2D eigenvalue weighted by atomic mass is 10.1. The number of anilines is 1. The van der Waals surface area contributed by atoms with E-state index in [0.717, 1.165) is 12.1 Å². The Morgan fingerprint density at radius 1 is 1.56 bits per heavy atom. The molecule has 0 spiro atoms. The molecule has 6 heteroatoms. The Balaban J connectivity index is 1.83. The first kappa shape index (κ1) is 11.0. The van der Waals surface area contributed by atoms with Crippen LogP contribution in [0.3, 0.4) is 0 Å². The zero-order chi connectivity index (χ0) is 12.8. The summed E-state index contributed by atoms with van der Waals surface area (Å²) < 4.78 is 0. The number of rotatable bonds is 4. The summed E-state index contributed by atoms with van der Waals surface area (Å²) >= 11 is 0. The smallest absolute Gasteiger partial charge is 0.271 e. The van der Waals surface area contributed by atoms with Crippen LogP contribution in [0, 0.1) is 15.5 Å². The van der Waals surface area contributed by atoms with Gasteiger partial charge in [-0.25, -0.2) is 4.98 Å². The van der Waals surface area contributed by atoms with Gasteiger partial charge in [-0.2, -0.15) is 0 Å². The van der Waals surface area contributed by atoms with Crippen LogP contribution in [-0.2, 0) is 0 Å². The summed E-state index contributed by atoms with van der Waals surface area (Å²) in [6.45, 7) is 3.11. The maximum absolute atomic E-state index is 10.7. The van der Waals surface area contributed by atoms with Gasteiger partial charge in [0.25, 0.3) is 5.69 Å². The van der Waals surface area contributed by atoms with Crippen LogP contribution in [0.1, 0.15) is 19.8 Å². The Labute approximate surface area is 104 Å². The highest BCUT2D eigenvalue weighted by molar-refractivity contribution is 5.79. The van der Waals surface area contributed by atoms with Crippen LogP contribution in [-0.4, -0.2) is 21.4 Å². The lowest BCUT2D eigenvalue weighted by Gasteiger charge is -2.07. The summed E-state index contributed by atoms with van der Waals surface area (Å²) in [7, 11) is 0. The third kappa shape index (κ3) is 2.01. The Bertz CT molecular complexity index is 616. The van der Waals surface area contributed by atoms with E-state index in [0.29, 0.717) is 16.9 Å². The number of aromatic amines is 1. The largest absolute Gasteiger partial charge is 0.355 e. The van der Waals surface area contributed by atoms with Crippen molar-refractivity contribution in [2.75, 3.05) is 11.9 Å². The van der Waals surface area contributed by atoms with E-state index >= 15 is 0 Å². The van der Waals surface area contributed by atoms with Crippen molar-refractivity contribution in [3.8, 4) is 0 Å². The Kier molecular flexibility index (Phi) is 2.26. The number of nitro groups is 1. The molecule has 0 saturated heterocycles. The Morgan fingerprint density at radius 2 is 2.33 bits per heavy atom. The lowest BCUT2D eigenvalue weighted by molar-refractivity contribution is -0.384. The molecule has 0 radical (unpaired) electrons. The van der Waals surface area contributed by atoms with Gasteiger partial charge >= 0.3 is 0 Å². The number of nitro benzene ring substituents is 1. The van der Waals surface area contributed by atoms with Gasteiger partial charge in [0.1, 0.15) is 0 Å². The maximum atomic E-state index is 10.7. The Hall–Kier alpha value is -2.11. The second kappa shape index (κ2) is 3.69. The third-order valence-corrected chi connectivity index (χ3v) is 3.46. The molecule has 2 aromatic rings. The third-order valence-electron chi connectivity index (χ3n) is 3.46. The van der Waals surface area contributed by atoms with Crippen LogP contribution in [0.5, 0.6) is 0 Å². The summed E-state index contributed by atoms with van der Waals surface area (Å²) in [6.07, 6.45) is 2.48. The summed E-state index contributed by atoms with van der Waals surface area (Å²) in [5.41, 5.74) is 1.90. The molecule has 0 aliphatic heterocycles. The molecule has 1 fully saturated rings. The fraction of sp³-hybridized carbons (Fsp3) is 0.417. The average Bonchev–Trinajstić information content (AvgIpc) is 2.92. The average molecular weight is 246 g/mol. The van der Waals surface area contributed by atoms with Gasteiger partial charge in [-0.05, 0) is 24.3 Å². The number of imidazole rings is 1. The van der Waals surface area contributed by atoms with Crippen LogP contribution in [0.15, 0.2) is 18.2 Å². The minimum absolute atomic E-state index is 0.0758. The van der Waals surface area contributed by atoms with Crippen molar-refractivity contribution >= 4 is 22.7 Å². The van der Waals surface area contributed by atoms with Gasteiger partial charge in [0, 0.05) is 18.7 Å². The van der Waals surface area contributed by atoms with Crippen LogP contribution in [0.25, 0.3) is 11.0 Å². The molecule has 1 saturated carbocycles. The van der Waals surface area contributed by atoms with E-state index in [-0.39, 0.29) is 5.69 Å². The molecule has 2 N–H and O–H groups in total. The molecule has 0 atom stereocenters. The number of hydrogen-bond donors (Lipinski definition) is 2. The van der Waals surface area contributed by atoms with Crippen molar-refractivity contribution in [3.63, 3.8) is 0 Å². The van der Waals surface area contributed by atoms with Gasteiger partial charge in [-0.3, -0.25) is 10.1 Å². The van der Waals surface area contributed by atoms with Gasteiger partial charge in [-0.1, -0.05) is 6.92 Å². The monoisotopic (exact) mass is 246 g/mol. The second-order valence-electron chi connectivity index (χ2n) is 5.21. The molecule has 6 nitrogen and oxygen atoms in total. The van der Waals surface area contributed by atoms with E-state index in [4.69, 9.17) is 0 Å². The topological polar surface area (TPSA) is 83.8 Å². The number of fused-ring (bicyclic) bond motifs is 1. The maximum Gasteiger partial charge on any atom is 0.271 e. The number of H-pyrrole nitrogens is 1. The molecule has 0 amide bonds. The van der Waals surface area contributed by atoms with E-state index in [1.165, 1.54) is 25.0 Å². The first-order valence-electron chi connectivity index (χ1n) is 5.94. The summed E-state index contributed by atoms with van der Waals surface area (Å²) in [4.78, 5) is 17.7. The molecule has 18 heavy (non-hydrogen) atoms. The van der Waals surface area contributed by atoms with Crippen molar-refractivity contribution in [1.82, 2.24) is 9.97 Å². The van der Waals surface area contributed by atoms with Gasteiger partial charge in [0.15, 0.2) is 0 Å². The van der Waals surface area contributed by atoms with E-state index < -0.39 is 4.92 Å². The van der Waals surface area contributed by atoms with E-state index in [2.05, 4.69) is 22.2 Å². The number of nitrogens with zero attached hydrogens (tertiary/aromatic N) is 2. The van der Waals surface area contributed by atoms with Crippen LogP contribution >= 0.6 is 0 Å². The van der Waals surface area contributed by atoms with Gasteiger partial charge < -0.3 is 10.3 Å². The molecule has 3 rings (SSSR count). The highest BCUT2D eigenvalue weighted by Crippen LogP contribution is 2.44. The summed E-state index contributed by atoms with van der Waals surface area (Å²) in [6, 6.07) is 4.63. The lowest BCUT2D eigenvalue weighted by Crippen LogP contribution is -2.12. The minimum Gasteiger partial charge on any atom is -0.355 e. The number of aromatic nitrogens is 2. The summed E-state index contributed by atoms with van der Waals surface area (Å²) in [5, 5.41) is 13.9. The van der Waals surface area contributed by atoms with Crippen LogP contribution in [0.4, 0.5) is 11.6 Å². The predicted molar refractivity (Wildman–Crippen MR) is 68.6 cm³/mol. The van der Waals surface area contributed by atoms with Crippen LogP contribution < -0.4 is 5.32 Å². The standard InChI is InChI=1S/C12H14N4O2/c1-12(4-5-12)7-13-11-14-9-3-2-8(16(17)18)6-10(9)15-11/h2-3,6H,4-5,7H2,1H3,(H2,13,14,15). The number of benzene rings is 1. The Morgan fingerprint density at radius 3 is 3.00 bits per heavy atom. The molecule has 1 aliphatic carbocycles. The quantitative estimate of drug-likeness (QED) is 0.641. The van der Waals surface area contributed by atoms with Crippen molar-refractivity contribution in [1.29, 1.82) is 0 Å². The van der Waals surface area contributed by atoms with Crippen molar-refractivity contribution < 1.29 is 4.92 Å². The van der Waals surface area contributed by atoms with Gasteiger partial charge in [-0.15, -0.1) is 0 Å². The van der Waals surface area contributed by atoms with Crippen molar-refractivity contribution in [2.45, 2.75) is 19.8 Å². The van der Waals surface area contributed by atoms with Crippen LogP contribution in [0.2, 0.25) is 0 Å². The first-order chi connectivity index (χ1) is 8.56. The van der Waals surface area contributed by atoms with Crippen molar-refractivity contribution in [3.05, 3.63) is 28.3 Å². The highest BCUT2D eigenvalue weighted by Gasteiger charge is 2.36. The summed E-state index contributed by atoms with van der Waals surface area (Å²) in [5.74, 6) is 0.679. The van der Waals surface area contributed by atoms with Gasteiger partial charge in [0.2, 0.25) is 5.95 Å². The predicted octanol–water partition coefficient (Wildman–Crippen LogP) is 2.68. The molecular weight excluding hydrogens is 232 g/mol. The molecule has 1 aliphatic rings. The fourth-order valence-electron chi connectivity index (χ4n) is 1.88. The zero-order valence-electron chi connectivity index (χ0n) is 10.1. The second-order valence-corrected chi connectivity index (χ2v) is 5.21. The molecule has 1 aromatic carbocycles. The number of hydrogen-bond acceptors (Lipinski definition) is 4. The number of non-ortho nitro benzene ring substituents is 1. The van der Waals surface area contributed by atoms with E-state index in [1.807, 2.05) is 0 Å². The highest BCUT2D eigenvalue weighted by atomic mass is 16.6. The fourth-order valence-corrected chi connectivity index (χ4v) is 1.88.